The summed E-state index contributed by atoms with van der Waals surface area (Å²) in [5.74, 6) is -0.311. The largest absolute Gasteiger partial charge is 0.389 e. The van der Waals surface area contributed by atoms with E-state index in [2.05, 4.69) is 15.9 Å². The summed E-state index contributed by atoms with van der Waals surface area (Å²) >= 11 is 4.79. The lowest BCUT2D eigenvalue weighted by molar-refractivity contribution is 0.198. The summed E-state index contributed by atoms with van der Waals surface area (Å²) in [5, 5.41) is 9.39. The fourth-order valence-corrected chi connectivity index (χ4v) is 2.87. The Hall–Kier alpha value is -0.840. The van der Waals surface area contributed by atoms with Crippen molar-refractivity contribution in [1.29, 1.82) is 0 Å². The predicted molar refractivity (Wildman–Crippen MR) is 75.3 cm³/mol. The fourth-order valence-electron chi connectivity index (χ4n) is 1.51. The van der Waals surface area contributed by atoms with Crippen molar-refractivity contribution in [3.8, 4) is 0 Å². The van der Waals surface area contributed by atoms with Crippen LogP contribution in [0.15, 0.2) is 56.7 Å². The molecule has 0 bridgehead atoms. The first-order valence-electron chi connectivity index (χ1n) is 5.48. The Labute approximate surface area is 118 Å². The summed E-state index contributed by atoms with van der Waals surface area (Å²) in [5.41, 5.74) is 0.587. The number of aliphatic hydroxyl groups is 1. The Bertz CT molecular complexity index is 557. The Morgan fingerprint density at radius 1 is 1.17 bits per heavy atom. The molecule has 4 heteroatoms. The molecule has 94 valence electrons. The molecule has 2 rings (SSSR count). The van der Waals surface area contributed by atoms with Crippen LogP contribution in [0.2, 0.25) is 0 Å². The maximum Gasteiger partial charge on any atom is 0.137 e. The molecule has 0 saturated carbocycles. The molecule has 0 radical (unpaired) electrons. The molecule has 0 spiro atoms. The van der Waals surface area contributed by atoms with Gasteiger partial charge in [-0.25, -0.2) is 4.39 Å². The van der Waals surface area contributed by atoms with Crippen molar-refractivity contribution in [2.75, 3.05) is 0 Å². The zero-order valence-corrected chi connectivity index (χ0v) is 12.1. The van der Waals surface area contributed by atoms with Gasteiger partial charge in [-0.3, -0.25) is 0 Å². The highest BCUT2D eigenvalue weighted by Crippen LogP contribution is 2.35. The van der Waals surface area contributed by atoms with E-state index in [1.54, 1.807) is 19.1 Å². The highest BCUT2D eigenvalue weighted by molar-refractivity contribution is 9.10. The van der Waals surface area contributed by atoms with E-state index < -0.39 is 6.10 Å². The molecule has 0 amide bonds. The first-order valence-corrected chi connectivity index (χ1v) is 7.09. The van der Waals surface area contributed by atoms with Gasteiger partial charge in [0.15, 0.2) is 0 Å². The second kappa shape index (κ2) is 5.87. The summed E-state index contributed by atoms with van der Waals surface area (Å²) in [4.78, 5) is 1.51. The van der Waals surface area contributed by atoms with Crippen LogP contribution in [-0.4, -0.2) is 5.11 Å². The van der Waals surface area contributed by atoms with Gasteiger partial charge in [-0.1, -0.05) is 30.0 Å². The van der Waals surface area contributed by atoms with Gasteiger partial charge in [0.1, 0.15) is 5.82 Å². The Morgan fingerprint density at radius 2 is 1.89 bits per heavy atom. The van der Waals surface area contributed by atoms with E-state index in [4.69, 9.17) is 0 Å². The Morgan fingerprint density at radius 3 is 2.50 bits per heavy atom. The van der Waals surface area contributed by atoms with E-state index in [0.717, 1.165) is 9.37 Å². The van der Waals surface area contributed by atoms with Gasteiger partial charge in [-0.05, 0) is 52.7 Å². The Balaban J connectivity index is 2.28. The third-order valence-corrected chi connectivity index (χ3v) is 4.58. The molecule has 0 fully saturated rings. The number of rotatable bonds is 3. The van der Waals surface area contributed by atoms with Crippen LogP contribution < -0.4 is 0 Å². The second-order valence-corrected chi connectivity index (χ2v) is 5.84. The van der Waals surface area contributed by atoms with Crippen molar-refractivity contribution in [3.05, 3.63) is 58.3 Å². The van der Waals surface area contributed by atoms with Crippen molar-refractivity contribution in [2.24, 2.45) is 0 Å². The third-order valence-electron chi connectivity index (χ3n) is 2.49. The van der Waals surface area contributed by atoms with Crippen LogP contribution in [-0.2, 0) is 0 Å². The molecule has 0 unspecified atom stereocenters. The molecule has 0 aromatic heterocycles. The maximum absolute atomic E-state index is 13.9. The molecule has 18 heavy (non-hydrogen) atoms. The van der Waals surface area contributed by atoms with Crippen molar-refractivity contribution >= 4 is 27.7 Å². The molecule has 1 N–H and O–H groups in total. The van der Waals surface area contributed by atoms with Crippen molar-refractivity contribution in [2.45, 2.75) is 22.8 Å². The van der Waals surface area contributed by atoms with Gasteiger partial charge in [0.2, 0.25) is 0 Å². The minimum atomic E-state index is -0.651. The van der Waals surface area contributed by atoms with Gasteiger partial charge < -0.3 is 5.11 Å². The minimum Gasteiger partial charge on any atom is -0.389 e. The van der Waals surface area contributed by atoms with E-state index in [1.165, 1.54) is 17.8 Å². The summed E-state index contributed by atoms with van der Waals surface area (Å²) < 4.78 is 14.8. The first kappa shape index (κ1) is 13.6. The summed E-state index contributed by atoms with van der Waals surface area (Å²) in [6, 6.07) is 12.5. The van der Waals surface area contributed by atoms with E-state index in [1.807, 2.05) is 24.3 Å². The lowest BCUT2D eigenvalue weighted by Crippen LogP contribution is -1.93. The van der Waals surface area contributed by atoms with Crippen LogP contribution in [0.3, 0.4) is 0 Å². The van der Waals surface area contributed by atoms with E-state index >= 15 is 0 Å². The molecule has 1 atom stereocenters. The molecule has 0 aliphatic rings. The lowest BCUT2D eigenvalue weighted by Gasteiger charge is -2.08. The number of halogens is 2. The highest BCUT2D eigenvalue weighted by Gasteiger charge is 2.09. The van der Waals surface area contributed by atoms with Gasteiger partial charge in [0, 0.05) is 14.3 Å². The van der Waals surface area contributed by atoms with Crippen molar-refractivity contribution in [1.82, 2.24) is 0 Å². The highest BCUT2D eigenvalue weighted by atomic mass is 79.9. The maximum atomic E-state index is 13.9. The van der Waals surface area contributed by atoms with Gasteiger partial charge in [0.25, 0.3) is 0 Å². The van der Waals surface area contributed by atoms with Gasteiger partial charge in [-0.2, -0.15) is 0 Å². The average molecular weight is 327 g/mol. The minimum absolute atomic E-state index is 0.311. The zero-order valence-electron chi connectivity index (χ0n) is 9.73. The van der Waals surface area contributed by atoms with Crippen LogP contribution in [0.5, 0.6) is 0 Å². The summed E-state index contributed by atoms with van der Waals surface area (Å²) in [7, 11) is 0. The first-order chi connectivity index (χ1) is 8.58. The van der Waals surface area contributed by atoms with Crippen molar-refractivity contribution < 1.29 is 9.50 Å². The number of aliphatic hydroxyl groups excluding tert-OH is 1. The average Bonchev–Trinajstić information content (AvgIpc) is 2.34. The van der Waals surface area contributed by atoms with E-state index in [9.17, 15) is 9.50 Å². The van der Waals surface area contributed by atoms with E-state index in [0.29, 0.717) is 10.5 Å². The van der Waals surface area contributed by atoms with Gasteiger partial charge in [0.05, 0.1) is 6.10 Å². The molecule has 0 aliphatic carbocycles. The van der Waals surface area contributed by atoms with Crippen LogP contribution in [0.25, 0.3) is 0 Å². The quantitative estimate of drug-likeness (QED) is 0.874. The van der Waals surface area contributed by atoms with Crippen molar-refractivity contribution in [3.63, 3.8) is 0 Å². The lowest BCUT2D eigenvalue weighted by atomic mass is 10.1. The summed E-state index contributed by atoms with van der Waals surface area (Å²) in [6.07, 6.45) is -0.651. The van der Waals surface area contributed by atoms with Crippen LogP contribution >= 0.6 is 27.7 Å². The molecule has 0 aliphatic heterocycles. The zero-order chi connectivity index (χ0) is 13.1. The second-order valence-electron chi connectivity index (χ2n) is 3.90. The fraction of sp³-hybridized carbons (Fsp3) is 0.143. The van der Waals surface area contributed by atoms with Crippen LogP contribution in [0, 0.1) is 5.82 Å². The Kier molecular flexibility index (Phi) is 4.43. The number of hydrogen-bond donors (Lipinski definition) is 1. The predicted octanol–water partition coefficient (Wildman–Crippen LogP) is 4.79. The third kappa shape index (κ3) is 3.13. The summed E-state index contributed by atoms with van der Waals surface area (Å²) in [6.45, 7) is 1.62. The van der Waals surface area contributed by atoms with E-state index in [-0.39, 0.29) is 5.82 Å². The molecule has 2 aromatic rings. The molecular weight excluding hydrogens is 315 g/mol. The SMILES string of the molecule is C[C@@H](O)c1ccc(Sc2ccccc2Br)c(F)c1. The topological polar surface area (TPSA) is 20.2 Å². The van der Waals surface area contributed by atoms with Crippen LogP contribution in [0.1, 0.15) is 18.6 Å². The molecule has 2 aromatic carbocycles. The molecule has 0 heterocycles. The van der Waals surface area contributed by atoms with Crippen LogP contribution in [0.4, 0.5) is 4.39 Å². The number of benzene rings is 2. The molecule has 0 saturated heterocycles. The molecular formula is C14H12BrFOS. The normalized spacial score (nSPS) is 12.4. The standard InChI is InChI=1S/C14H12BrFOS/c1-9(17)10-6-7-14(12(16)8-10)18-13-5-3-2-4-11(13)15/h2-9,17H,1H3/t9-/m1/s1. The molecule has 1 nitrogen and oxygen atoms in total. The number of hydrogen-bond acceptors (Lipinski definition) is 2. The smallest absolute Gasteiger partial charge is 0.137 e. The monoisotopic (exact) mass is 326 g/mol. The van der Waals surface area contributed by atoms with Gasteiger partial charge >= 0.3 is 0 Å². The van der Waals surface area contributed by atoms with Gasteiger partial charge in [-0.15, -0.1) is 0 Å².